The fraction of sp³-hybridized carbons (Fsp3) is 0.154. The molecule has 1 aromatic heterocycles. The summed E-state index contributed by atoms with van der Waals surface area (Å²) in [6, 6.07) is 10.3. The molecule has 16 heavy (non-hydrogen) atoms. The normalized spacial score (nSPS) is 10.1. The van der Waals surface area contributed by atoms with E-state index in [9.17, 15) is 0 Å². The summed E-state index contributed by atoms with van der Waals surface area (Å²) in [6.07, 6.45) is 3.66. The van der Waals surface area contributed by atoms with E-state index in [4.69, 9.17) is 0 Å². The maximum Gasteiger partial charge on any atom is 0.0416 e. The summed E-state index contributed by atoms with van der Waals surface area (Å²) in [5.41, 5.74) is 3.55. The van der Waals surface area contributed by atoms with Crippen LogP contribution in [0.5, 0.6) is 0 Å². The van der Waals surface area contributed by atoms with Crippen LogP contribution in [0.15, 0.2) is 47.2 Å². The number of aromatic nitrogens is 1. The molecular formula is C13H13BrN2. The van der Waals surface area contributed by atoms with Gasteiger partial charge in [-0.2, -0.15) is 0 Å². The SMILES string of the molecule is Cc1cc(NCc2cccnc2)ccc1Br. The van der Waals surface area contributed by atoms with Gasteiger partial charge < -0.3 is 5.32 Å². The molecule has 2 aromatic rings. The lowest BCUT2D eigenvalue weighted by Crippen LogP contribution is -1.99. The number of halogens is 1. The molecular weight excluding hydrogens is 264 g/mol. The highest BCUT2D eigenvalue weighted by atomic mass is 79.9. The van der Waals surface area contributed by atoms with Gasteiger partial charge in [0.2, 0.25) is 0 Å². The molecule has 0 spiro atoms. The number of hydrogen-bond donors (Lipinski definition) is 1. The molecule has 0 atom stereocenters. The van der Waals surface area contributed by atoms with Crippen LogP contribution < -0.4 is 5.32 Å². The predicted molar refractivity (Wildman–Crippen MR) is 70.4 cm³/mol. The number of benzene rings is 1. The van der Waals surface area contributed by atoms with Crippen molar-refractivity contribution in [3.05, 3.63) is 58.3 Å². The summed E-state index contributed by atoms with van der Waals surface area (Å²) in [5.74, 6) is 0. The van der Waals surface area contributed by atoms with Crippen molar-refractivity contribution in [3.63, 3.8) is 0 Å². The molecule has 2 rings (SSSR count). The van der Waals surface area contributed by atoms with Gasteiger partial charge in [-0.05, 0) is 42.3 Å². The van der Waals surface area contributed by atoms with Gasteiger partial charge in [0.25, 0.3) is 0 Å². The summed E-state index contributed by atoms with van der Waals surface area (Å²) < 4.78 is 1.14. The van der Waals surface area contributed by atoms with E-state index >= 15 is 0 Å². The molecule has 1 N–H and O–H groups in total. The monoisotopic (exact) mass is 276 g/mol. The summed E-state index contributed by atoms with van der Waals surface area (Å²) in [4.78, 5) is 4.08. The van der Waals surface area contributed by atoms with E-state index in [-0.39, 0.29) is 0 Å². The van der Waals surface area contributed by atoms with E-state index in [2.05, 4.69) is 57.4 Å². The fourth-order valence-corrected chi connectivity index (χ4v) is 1.71. The zero-order chi connectivity index (χ0) is 11.4. The van der Waals surface area contributed by atoms with E-state index < -0.39 is 0 Å². The molecule has 0 saturated carbocycles. The maximum atomic E-state index is 4.08. The first kappa shape index (κ1) is 11.1. The zero-order valence-electron chi connectivity index (χ0n) is 9.07. The molecule has 3 heteroatoms. The van der Waals surface area contributed by atoms with Crippen molar-refractivity contribution < 1.29 is 0 Å². The Morgan fingerprint density at radius 1 is 1.31 bits per heavy atom. The van der Waals surface area contributed by atoms with Gasteiger partial charge in [-0.15, -0.1) is 0 Å². The van der Waals surface area contributed by atoms with Crippen LogP contribution >= 0.6 is 15.9 Å². The van der Waals surface area contributed by atoms with Gasteiger partial charge >= 0.3 is 0 Å². The second kappa shape index (κ2) is 5.12. The predicted octanol–water partition coefficient (Wildman–Crippen LogP) is 3.76. The smallest absolute Gasteiger partial charge is 0.0416 e. The average Bonchev–Trinajstić information content (AvgIpc) is 2.32. The number of aryl methyl sites for hydroxylation is 1. The third kappa shape index (κ3) is 2.83. The second-order valence-corrected chi connectivity index (χ2v) is 4.53. The Balaban J connectivity index is 2.03. The number of nitrogens with one attached hydrogen (secondary N) is 1. The van der Waals surface area contributed by atoms with E-state index in [0.717, 1.165) is 16.7 Å². The van der Waals surface area contributed by atoms with Crippen LogP contribution in [0.25, 0.3) is 0 Å². The third-order valence-electron chi connectivity index (χ3n) is 2.38. The maximum absolute atomic E-state index is 4.08. The molecule has 1 aromatic carbocycles. The quantitative estimate of drug-likeness (QED) is 0.923. The number of hydrogen-bond acceptors (Lipinski definition) is 2. The van der Waals surface area contributed by atoms with Crippen molar-refractivity contribution in [2.45, 2.75) is 13.5 Å². The van der Waals surface area contributed by atoms with Gasteiger partial charge in [0, 0.05) is 29.1 Å². The summed E-state index contributed by atoms with van der Waals surface area (Å²) >= 11 is 3.49. The van der Waals surface area contributed by atoms with Crippen LogP contribution in [0.4, 0.5) is 5.69 Å². The van der Waals surface area contributed by atoms with Crippen molar-refractivity contribution >= 4 is 21.6 Å². The van der Waals surface area contributed by atoms with Crippen molar-refractivity contribution in [1.82, 2.24) is 4.98 Å². The molecule has 0 unspecified atom stereocenters. The first-order valence-corrected chi connectivity index (χ1v) is 5.94. The molecule has 0 amide bonds. The number of nitrogens with zero attached hydrogens (tertiary/aromatic N) is 1. The van der Waals surface area contributed by atoms with E-state index in [0.29, 0.717) is 0 Å². The van der Waals surface area contributed by atoms with Crippen LogP contribution in [0.3, 0.4) is 0 Å². The standard InChI is InChI=1S/C13H13BrN2/c1-10-7-12(4-5-13(10)14)16-9-11-3-2-6-15-8-11/h2-8,16H,9H2,1H3. The Labute approximate surface area is 104 Å². The van der Waals surface area contributed by atoms with Crippen LogP contribution in [-0.2, 0) is 6.54 Å². The molecule has 1 heterocycles. The minimum Gasteiger partial charge on any atom is -0.381 e. The van der Waals surface area contributed by atoms with Crippen LogP contribution in [0.2, 0.25) is 0 Å². The van der Waals surface area contributed by atoms with Gasteiger partial charge in [0.05, 0.1) is 0 Å². The highest BCUT2D eigenvalue weighted by molar-refractivity contribution is 9.10. The minimum absolute atomic E-state index is 0.801. The Kier molecular flexibility index (Phi) is 3.57. The van der Waals surface area contributed by atoms with Crippen LogP contribution in [0, 0.1) is 6.92 Å². The molecule has 0 aliphatic rings. The van der Waals surface area contributed by atoms with Gasteiger partial charge in [0.15, 0.2) is 0 Å². The molecule has 0 saturated heterocycles. The largest absolute Gasteiger partial charge is 0.381 e. The summed E-state index contributed by atoms with van der Waals surface area (Å²) in [5, 5.41) is 3.37. The van der Waals surface area contributed by atoms with Crippen LogP contribution in [0.1, 0.15) is 11.1 Å². The molecule has 0 bridgehead atoms. The lowest BCUT2D eigenvalue weighted by molar-refractivity contribution is 1.11. The van der Waals surface area contributed by atoms with Gasteiger partial charge in [-0.1, -0.05) is 22.0 Å². The highest BCUT2D eigenvalue weighted by Gasteiger charge is 1.97. The molecule has 0 aliphatic carbocycles. The van der Waals surface area contributed by atoms with Crippen molar-refractivity contribution in [1.29, 1.82) is 0 Å². The highest BCUT2D eigenvalue weighted by Crippen LogP contribution is 2.20. The second-order valence-electron chi connectivity index (χ2n) is 3.68. The Bertz CT molecular complexity index is 469. The van der Waals surface area contributed by atoms with Crippen molar-refractivity contribution in [3.8, 4) is 0 Å². The van der Waals surface area contributed by atoms with E-state index in [1.165, 1.54) is 11.1 Å². The summed E-state index contributed by atoms with van der Waals surface area (Å²) in [6.45, 7) is 2.88. The number of pyridine rings is 1. The van der Waals surface area contributed by atoms with Crippen LogP contribution in [-0.4, -0.2) is 4.98 Å². The Morgan fingerprint density at radius 3 is 2.88 bits per heavy atom. The Hall–Kier alpha value is -1.35. The third-order valence-corrected chi connectivity index (χ3v) is 3.27. The topological polar surface area (TPSA) is 24.9 Å². The van der Waals surface area contributed by atoms with Crippen molar-refractivity contribution in [2.24, 2.45) is 0 Å². The lowest BCUT2D eigenvalue weighted by atomic mass is 10.2. The Morgan fingerprint density at radius 2 is 2.19 bits per heavy atom. The number of anilines is 1. The van der Waals surface area contributed by atoms with Gasteiger partial charge in [-0.3, -0.25) is 4.98 Å². The van der Waals surface area contributed by atoms with Gasteiger partial charge in [-0.25, -0.2) is 0 Å². The molecule has 0 radical (unpaired) electrons. The number of rotatable bonds is 3. The molecule has 0 fully saturated rings. The average molecular weight is 277 g/mol. The molecule has 2 nitrogen and oxygen atoms in total. The first-order chi connectivity index (χ1) is 7.75. The first-order valence-electron chi connectivity index (χ1n) is 5.14. The molecule has 0 aliphatic heterocycles. The minimum atomic E-state index is 0.801. The summed E-state index contributed by atoms with van der Waals surface area (Å²) in [7, 11) is 0. The molecule has 82 valence electrons. The zero-order valence-corrected chi connectivity index (χ0v) is 10.7. The van der Waals surface area contributed by atoms with E-state index in [1.54, 1.807) is 6.20 Å². The van der Waals surface area contributed by atoms with Crippen molar-refractivity contribution in [2.75, 3.05) is 5.32 Å². The van der Waals surface area contributed by atoms with E-state index in [1.807, 2.05) is 12.3 Å². The van der Waals surface area contributed by atoms with Gasteiger partial charge in [0.1, 0.15) is 0 Å². The fourth-order valence-electron chi connectivity index (χ4n) is 1.46. The lowest BCUT2D eigenvalue weighted by Gasteiger charge is -2.07.